The number of hydrogen-bond donors (Lipinski definition) is 1. The molecule has 0 bridgehead atoms. The second-order valence-corrected chi connectivity index (χ2v) is 5.27. The molecule has 0 atom stereocenters. The van der Waals surface area contributed by atoms with Crippen molar-refractivity contribution in [1.29, 1.82) is 0 Å². The monoisotopic (exact) mass is 322 g/mol. The number of aryl methyl sites for hydroxylation is 1. The van der Waals surface area contributed by atoms with Crippen LogP contribution in [0.25, 0.3) is 0 Å². The molecule has 1 aromatic carbocycles. The second kappa shape index (κ2) is 7.82. The summed E-state index contributed by atoms with van der Waals surface area (Å²) in [5.74, 6) is -1.15. The molecule has 1 aliphatic rings. The van der Waals surface area contributed by atoms with Gasteiger partial charge in [-0.15, -0.1) is 0 Å². The molecule has 2 rings (SSSR count). The SMILES string of the molecule is Cc1ccc(C(=O)NCCOCCN2C(=O)CCC2=O)cc1F. The molecule has 1 N–H and O–H groups in total. The fraction of sp³-hybridized carbons (Fsp3) is 0.438. The third kappa shape index (κ3) is 4.59. The molecule has 23 heavy (non-hydrogen) atoms. The lowest BCUT2D eigenvalue weighted by atomic mass is 10.1. The van der Waals surface area contributed by atoms with Gasteiger partial charge in [0, 0.05) is 24.9 Å². The summed E-state index contributed by atoms with van der Waals surface area (Å²) in [6.07, 6.45) is 0.532. The predicted octanol–water partition coefficient (Wildman–Crippen LogP) is 1.03. The van der Waals surface area contributed by atoms with E-state index in [1.807, 2.05) is 0 Å². The maximum absolute atomic E-state index is 13.4. The van der Waals surface area contributed by atoms with E-state index < -0.39 is 5.82 Å². The van der Waals surface area contributed by atoms with Crippen LogP contribution in [0.5, 0.6) is 0 Å². The number of likely N-dealkylation sites (tertiary alicyclic amines) is 1. The van der Waals surface area contributed by atoms with Crippen molar-refractivity contribution >= 4 is 17.7 Å². The highest BCUT2D eigenvalue weighted by Crippen LogP contribution is 2.11. The minimum Gasteiger partial charge on any atom is -0.378 e. The van der Waals surface area contributed by atoms with Crippen molar-refractivity contribution in [2.45, 2.75) is 19.8 Å². The number of carbonyl (C=O) groups is 3. The van der Waals surface area contributed by atoms with Crippen molar-refractivity contribution in [1.82, 2.24) is 10.2 Å². The van der Waals surface area contributed by atoms with E-state index in [1.54, 1.807) is 19.1 Å². The highest BCUT2D eigenvalue weighted by Gasteiger charge is 2.28. The van der Waals surface area contributed by atoms with E-state index in [2.05, 4.69) is 5.32 Å². The molecule has 6 nitrogen and oxygen atoms in total. The van der Waals surface area contributed by atoms with Gasteiger partial charge in [0.1, 0.15) is 5.82 Å². The summed E-state index contributed by atoms with van der Waals surface area (Å²) in [6, 6.07) is 4.29. The van der Waals surface area contributed by atoms with Gasteiger partial charge in [0.05, 0.1) is 19.8 Å². The topological polar surface area (TPSA) is 75.7 Å². The standard InChI is InChI=1S/C16H19FN2O4/c1-11-2-3-12(10-13(11)17)16(22)18-6-8-23-9-7-19-14(20)4-5-15(19)21/h2-3,10H,4-9H2,1H3,(H,18,22). The van der Waals surface area contributed by atoms with Crippen LogP contribution in [0.3, 0.4) is 0 Å². The first kappa shape index (κ1) is 17.1. The Morgan fingerprint density at radius 3 is 2.61 bits per heavy atom. The number of halogens is 1. The molecule has 1 aliphatic heterocycles. The van der Waals surface area contributed by atoms with Crippen LogP contribution in [0.4, 0.5) is 4.39 Å². The lowest BCUT2D eigenvalue weighted by Gasteiger charge is -2.13. The zero-order chi connectivity index (χ0) is 16.8. The maximum atomic E-state index is 13.4. The Kier molecular flexibility index (Phi) is 5.81. The largest absolute Gasteiger partial charge is 0.378 e. The second-order valence-electron chi connectivity index (χ2n) is 5.27. The van der Waals surface area contributed by atoms with Crippen LogP contribution in [-0.4, -0.2) is 48.9 Å². The third-order valence-corrected chi connectivity index (χ3v) is 3.58. The number of ether oxygens (including phenoxy) is 1. The van der Waals surface area contributed by atoms with Crippen molar-refractivity contribution < 1.29 is 23.5 Å². The normalized spacial score (nSPS) is 14.4. The van der Waals surface area contributed by atoms with Crippen molar-refractivity contribution in [3.05, 3.63) is 35.1 Å². The highest BCUT2D eigenvalue weighted by atomic mass is 19.1. The first-order valence-corrected chi connectivity index (χ1v) is 7.44. The third-order valence-electron chi connectivity index (χ3n) is 3.58. The Hall–Kier alpha value is -2.28. The van der Waals surface area contributed by atoms with E-state index in [-0.39, 0.29) is 62.4 Å². The molecule has 1 fully saturated rings. The summed E-state index contributed by atoms with van der Waals surface area (Å²) in [6.45, 7) is 2.59. The molecule has 7 heteroatoms. The molecular formula is C16H19FN2O4. The number of carbonyl (C=O) groups excluding carboxylic acids is 3. The fourth-order valence-corrected chi connectivity index (χ4v) is 2.20. The first-order valence-electron chi connectivity index (χ1n) is 7.44. The quantitative estimate of drug-likeness (QED) is 0.601. The number of imide groups is 1. The van der Waals surface area contributed by atoms with Crippen LogP contribution in [0.15, 0.2) is 18.2 Å². The number of amides is 3. The van der Waals surface area contributed by atoms with Crippen LogP contribution in [-0.2, 0) is 14.3 Å². The van der Waals surface area contributed by atoms with E-state index in [1.165, 1.54) is 11.0 Å². The molecule has 1 saturated heterocycles. The number of rotatable bonds is 7. The molecule has 0 aliphatic carbocycles. The number of hydrogen-bond acceptors (Lipinski definition) is 4. The summed E-state index contributed by atoms with van der Waals surface area (Å²) >= 11 is 0. The molecule has 0 unspecified atom stereocenters. The van der Waals surface area contributed by atoms with Gasteiger partial charge in [0.25, 0.3) is 5.91 Å². The molecule has 3 amide bonds. The minimum absolute atomic E-state index is 0.173. The number of nitrogens with one attached hydrogen (secondary N) is 1. The molecule has 0 spiro atoms. The number of benzene rings is 1. The van der Waals surface area contributed by atoms with E-state index in [9.17, 15) is 18.8 Å². The van der Waals surface area contributed by atoms with E-state index in [4.69, 9.17) is 4.74 Å². The van der Waals surface area contributed by atoms with E-state index in [0.29, 0.717) is 5.56 Å². The van der Waals surface area contributed by atoms with Crippen LogP contribution in [0, 0.1) is 12.7 Å². The summed E-state index contributed by atoms with van der Waals surface area (Å²) in [4.78, 5) is 35.7. The van der Waals surface area contributed by atoms with Crippen LogP contribution in [0.1, 0.15) is 28.8 Å². The number of nitrogens with zero attached hydrogens (tertiary/aromatic N) is 1. The van der Waals surface area contributed by atoms with Gasteiger partial charge in [0.2, 0.25) is 11.8 Å². The van der Waals surface area contributed by atoms with Gasteiger partial charge < -0.3 is 10.1 Å². The van der Waals surface area contributed by atoms with Crippen LogP contribution < -0.4 is 5.32 Å². The molecule has 124 valence electrons. The van der Waals surface area contributed by atoms with Crippen LogP contribution in [0.2, 0.25) is 0 Å². The minimum atomic E-state index is -0.422. The van der Waals surface area contributed by atoms with Gasteiger partial charge in [-0.1, -0.05) is 6.07 Å². The predicted molar refractivity (Wildman–Crippen MR) is 80.2 cm³/mol. The van der Waals surface area contributed by atoms with Gasteiger partial charge in [-0.2, -0.15) is 0 Å². The molecule has 1 heterocycles. The van der Waals surface area contributed by atoms with Crippen molar-refractivity contribution in [2.24, 2.45) is 0 Å². The molecule has 1 aromatic rings. The Morgan fingerprint density at radius 1 is 1.26 bits per heavy atom. The molecule has 0 radical (unpaired) electrons. The first-order chi connectivity index (χ1) is 11.0. The lowest BCUT2D eigenvalue weighted by Crippen LogP contribution is -2.33. The Morgan fingerprint density at radius 2 is 1.96 bits per heavy atom. The summed E-state index contributed by atoms with van der Waals surface area (Å²) in [5, 5.41) is 2.61. The summed E-state index contributed by atoms with van der Waals surface area (Å²) in [7, 11) is 0. The van der Waals surface area contributed by atoms with E-state index >= 15 is 0 Å². The average Bonchev–Trinajstić information content (AvgIpc) is 2.84. The van der Waals surface area contributed by atoms with Gasteiger partial charge in [-0.25, -0.2) is 4.39 Å². The van der Waals surface area contributed by atoms with Crippen LogP contribution >= 0.6 is 0 Å². The molecule has 0 saturated carbocycles. The smallest absolute Gasteiger partial charge is 0.251 e. The zero-order valence-electron chi connectivity index (χ0n) is 12.9. The summed E-state index contributed by atoms with van der Waals surface area (Å²) < 4.78 is 18.7. The Bertz CT molecular complexity index is 602. The average molecular weight is 322 g/mol. The molecular weight excluding hydrogens is 303 g/mol. The lowest BCUT2D eigenvalue weighted by molar-refractivity contribution is -0.139. The van der Waals surface area contributed by atoms with Gasteiger partial charge >= 0.3 is 0 Å². The van der Waals surface area contributed by atoms with Gasteiger partial charge in [-0.05, 0) is 24.6 Å². The van der Waals surface area contributed by atoms with E-state index in [0.717, 1.165) is 0 Å². The maximum Gasteiger partial charge on any atom is 0.251 e. The Balaban J connectivity index is 1.63. The van der Waals surface area contributed by atoms with Crippen molar-refractivity contribution in [3.63, 3.8) is 0 Å². The summed E-state index contributed by atoms with van der Waals surface area (Å²) in [5.41, 5.74) is 0.734. The van der Waals surface area contributed by atoms with Gasteiger partial charge in [0.15, 0.2) is 0 Å². The molecule has 0 aromatic heterocycles. The highest BCUT2D eigenvalue weighted by molar-refractivity contribution is 6.01. The Labute approximate surface area is 133 Å². The van der Waals surface area contributed by atoms with Gasteiger partial charge in [-0.3, -0.25) is 19.3 Å². The van der Waals surface area contributed by atoms with Crippen molar-refractivity contribution in [2.75, 3.05) is 26.3 Å². The fourth-order valence-electron chi connectivity index (χ4n) is 2.20. The van der Waals surface area contributed by atoms with Crippen molar-refractivity contribution in [3.8, 4) is 0 Å². The zero-order valence-corrected chi connectivity index (χ0v) is 12.9.